The van der Waals surface area contributed by atoms with Crippen LogP contribution in [-0.4, -0.2) is 36.8 Å². The SMILES string of the molecule is CCOCCNc1nc(NC)ncc1C. The first kappa shape index (κ1) is 11.7. The summed E-state index contributed by atoms with van der Waals surface area (Å²) in [4.78, 5) is 8.41. The maximum Gasteiger partial charge on any atom is 0.224 e. The van der Waals surface area contributed by atoms with E-state index in [1.807, 2.05) is 13.8 Å². The number of anilines is 2. The van der Waals surface area contributed by atoms with E-state index in [2.05, 4.69) is 20.6 Å². The fourth-order valence-electron chi connectivity index (χ4n) is 1.13. The Kier molecular flexibility index (Phi) is 4.83. The number of hydrogen-bond acceptors (Lipinski definition) is 5. The molecule has 1 heterocycles. The van der Waals surface area contributed by atoms with Gasteiger partial charge >= 0.3 is 0 Å². The number of nitrogens with zero attached hydrogens (tertiary/aromatic N) is 2. The smallest absolute Gasteiger partial charge is 0.224 e. The highest BCUT2D eigenvalue weighted by molar-refractivity contribution is 5.46. The number of aromatic nitrogens is 2. The molecule has 1 aromatic heterocycles. The molecule has 0 aliphatic heterocycles. The zero-order valence-corrected chi connectivity index (χ0v) is 9.50. The van der Waals surface area contributed by atoms with Gasteiger partial charge in [-0.3, -0.25) is 0 Å². The van der Waals surface area contributed by atoms with Gasteiger partial charge in [0.25, 0.3) is 0 Å². The van der Waals surface area contributed by atoms with Gasteiger partial charge in [-0.1, -0.05) is 0 Å². The van der Waals surface area contributed by atoms with Gasteiger partial charge in [0.15, 0.2) is 0 Å². The van der Waals surface area contributed by atoms with E-state index in [9.17, 15) is 0 Å². The van der Waals surface area contributed by atoms with Crippen molar-refractivity contribution in [3.63, 3.8) is 0 Å². The Balaban J connectivity index is 2.51. The monoisotopic (exact) mass is 210 g/mol. The van der Waals surface area contributed by atoms with Crippen LogP contribution in [-0.2, 0) is 4.74 Å². The summed E-state index contributed by atoms with van der Waals surface area (Å²) >= 11 is 0. The van der Waals surface area contributed by atoms with Gasteiger partial charge in [-0.2, -0.15) is 4.98 Å². The standard InChI is InChI=1S/C10H18N4O/c1-4-15-6-5-12-9-8(2)7-13-10(11-3)14-9/h7H,4-6H2,1-3H3,(H2,11,12,13,14). The van der Waals surface area contributed by atoms with E-state index >= 15 is 0 Å². The van der Waals surface area contributed by atoms with E-state index in [4.69, 9.17) is 4.74 Å². The molecule has 0 aliphatic rings. The van der Waals surface area contributed by atoms with Crippen LogP contribution in [0, 0.1) is 6.92 Å². The quantitative estimate of drug-likeness (QED) is 0.692. The second-order valence-corrected chi connectivity index (χ2v) is 3.10. The topological polar surface area (TPSA) is 59.1 Å². The largest absolute Gasteiger partial charge is 0.380 e. The maximum absolute atomic E-state index is 5.23. The van der Waals surface area contributed by atoms with Crippen molar-refractivity contribution in [3.05, 3.63) is 11.8 Å². The summed E-state index contributed by atoms with van der Waals surface area (Å²) in [6.45, 7) is 6.15. The van der Waals surface area contributed by atoms with E-state index < -0.39 is 0 Å². The fraction of sp³-hybridized carbons (Fsp3) is 0.600. The summed E-state index contributed by atoms with van der Waals surface area (Å²) in [5.74, 6) is 1.48. The van der Waals surface area contributed by atoms with Crippen molar-refractivity contribution >= 4 is 11.8 Å². The van der Waals surface area contributed by atoms with Gasteiger partial charge < -0.3 is 15.4 Å². The summed E-state index contributed by atoms with van der Waals surface area (Å²) in [7, 11) is 1.80. The summed E-state index contributed by atoms with van der Waals surface area (Å²) in [5.41, 5.74) is 1.03. The molecule has 0 bridgehead atoms. The van der Waals surface area contributed by atoms with E-state index in [1.54, 1.807) is 13.2 Å². The van der Waals surface area contributed by atoms with Crippen LogP contribution < -0.4 is 10.6 Å². The molecule has 1 aromatic rings. The Morgan fingerprint density at radius 3 is 2.93 bits per heavy atom. The minimum Gasteiger partial charge on any atom is -0.380 e. The Bertz CT molecular complexity index is 303. The first-order chi connectivity index (χ1) is 7.27. The summed E-state index contributed by atoms with van der Waals surface area (Å²) in [6.07, 6.45) is 1.79. The minimum atomic E-state index is 0.625. The number of ether oxygens (including phenoxy) is 1. The van der Waals surface area contributed by atoms with E-state index in [-0.39, 0.29) is 0 Å². The van der Waals surface area contributed by atoms with Crippen LogP contribution in [0.1, 0.15) is 12.5 Å². The normalized spacial score (nSPS) is 10.1. The Morgan fingerprint density at radius 2 is 2.27 bits per heavy atom. The highest BCUT2D eigenvalue weighted by Gasteiger charge is 2.01. The van der Waals surface area contributed by atoms with Gasteiger partial charge in [0.05, 0.1) is 6.61 Å². The lowest BCUT2D eigenvalue weighted by atomic mass is 10.3. The molecular formula is C10H18N4O. The van der Waals surface area contributed by atoms with Crippen LogP contribution in [0.5, 0.6) is 0 Å². The van der Waals surface area contributed by atoms with Crippen molar-refractivity contribution in [2.75, 3.05) is 37.4 Å². The van der Waals surface area contributed by atoms with Gasteiger partial charge in [-0.15, -0.1) is 0 Å². The predicted molar refractivity (Wildman–Crippen MR) is 61.3 cm³/mol. The predicted octanol–water partition coefficient (Wildman–Crippen LogP) is 1.28. The zero-order valence-electron chi connectivity index (χ0n) is 9.50. The third-order valence-electron chi connectivity index (χ3n) is 1.94. The van der Waals surface area contributed by atoms with Gasteiger partial charge in [0, 0.05) is 32.0 Å². The molecule has 0 saturated carbocycles. The van der Waals surface area contributed by atoms with Crippen molar-refractivity contribution in [3.8, 4) is 0 Å². The molecule has 0 fully saturated rings. The lowest BCUT2D eigenvalue weighted by molar-refractivity contribution is 0.158. The lowest BCUT2D eigenvalue weighted by Gasteiger charge is -2.09. The molecule has 0 aliphatic carbocycles. The van der Waals surface area contributed by atoms with E-state index in [1.165, 1.54) is 0 Å². The molecular weight excluding hydrogens is 192 g/mol. The molecule has 5 heteroatoms. The summed E-state index contributed by atoms with van der Waals surface area (Å²) in [6, 6.07) is 0. The molecule has 0 unspecified atom stereocenters. The molecule has 2 N–H and O–H groups in total. The highest BCUT2D eigenvalue weighted by atomic mass is 16.5. The van der Waals surface area contributed by atoms with Crippen LogP contribution in [0.25, 0.3) is 0 Å². The highest BCUT2D eigenvalue weighted by Crippen LogP contribution is 2.11. The molecule has 5 nitrogen and oxygen atoms in total. The van der Waals surface area contributed by atoms with Crippen LogP contribution in [0.3, 0.4) is 0 Å². The minimum absolute atomic E-state index is 0.625. The molecule has 15 heavy (non-hydrogen) atoms. The average Bonchev–Trinajstić information content (AvgIpc) is 2.26. The molecule has 0 aromatic carbocycles. The van der Waals surface area contributed by atoms with Crippen LogP contribution >= 0.6 is 0 Å². The van der Waals surface area contributed by atoms with Gasteiger partial charge in [0.2, 0.25) is 5.95 Å². The van der Waals surface area contributed by atoms with Crippen molar-refractivity contribution in [1.82, 2.24) is 9.97 Å². The molecule has 0 amide bonds. The first-order valence-electron chi connectivity index (χ1n) is 5.11. The van der Waals surface area contributed by atoms with Gasteiger partial charge in [-0.25, -0.2) is 4.98 Å². The van der Waals surface area contributed by atoms with E-state index in [0.717, 1.165) is 24.5 Å². The van der Waals surface area contributed by atoms with Gasteiger partial charge in [-0.05, 0) is 13.8 Å². The van der Waals surface area contributed by atoms with E-state index in [0.29, 0.717) is 12.6 Å². The molecule has 0 spiro atoms. The maximum atomic E-state index is 5.23. The molecule has 0 atom stereocenters. The van der Waals surface area contributed by atoms with Crippen LogP contribution in [0.2, 0.25) is 0 Å². The van der Waals surface area contributed by atoms with Gasteiger partial charge in [0.1, 0.15) is 5.82 Å². The number of nitrogens with one attached hydrogen (secondary N) is 2. The number of hydrogen-bond donors (Lipinski definition) is 2. The van der Waals surface area contributed by atoms with Crippen molar-refractivity contribution in [2.24, 2.45) is 0 Å². The fourth-order valence-corrected chi connectivity index (χ4v) is 1.13. The second-order valence-electron chi connectivity index (χ2n) is 3.10. The Labute approximate surface area is 90.3 Å². The molecule has 84 valence electrons. The van der Waals surface area contributed by atoms with Crippen molar-refractivity contribution < 1.29 is 4.74 Å². The Hall–Kier alpha value is -1.36. The molecule has 1 rings (SSSR count). The zero-order chi connectivity index (χ0) is 11.1. The molecule has 0 radical (unpaired) electrons. The molecule has 0 saturated heterocycles. The summed E-state index contributed by atoms with van der Waals surface area (Å²) < 4.78 is 5.23. The third-order valence-corrected chi connectivity index (χ3v) is 1.94. The van der Waals surface area contributed by atoms with Crippen LogP contribution in [0.15, 0.2) is 6.20 Å². The second kappa shape index (κ2) is 6.19. The summed E-state index contributed by atoms with van der Waals surface area (Å²) in [5, 5.41) is 6.11. The Morgan fingerprint density at radius 1 is 1.47 bits per heavy atom. The number of aryl methyl sites for hydroxylation is 1. The average molecular weight is 210 g/mol. The lowest BCUT2D eigenvalue weighted by Crippen LogP contribution is -2.12. The third kappa shape index (κ3) is 3.71. The van der Waals surface area contributed by atoms with Crippen molar-refractivity contribution in [1.29, 1.82) is 0 Å². The van der Waals surface area contributed by atoms with Crippen LogP contribution in [0.4, 0.5) is 11.8 Å². The number of rotatable bonds is 6. The first-order valence-corrected chi connectivity index (χ1v) is 5.11. The van der Waals surface area contributed by atoms with Crippen molar-refractivity contribution in [2.45, 2.75) is 13.8 Å².